The molecule has 0 aliphatic rings. The summed E-state index contributed by atoms with van der Waals surface area (Å²) in [4.78, 5) is 8.74. The molecule has 0 unspecified atom stereocenters. The molecule has 5 heteroatoms. The van der Waals surface area contributed by atoms with Crippen molar-refractivity contribution in [1.82, 2.24) is 4.98 Å². The minimum atomic E-state index is 0.200. The standard InChI is InChI=1S/C16H14ClN3O/c1-10-4-2-3-5-12(10)16-20-13-8-11(19-15(18)9-17)6-7-14(13)21-16/h2-8H,9H2,1H3,(H2,18,19). The van der Waals surface area contributed by atoms with Gasteiger partial charge in [-0.3, -0.25) is 0 Å². The van der Waals surface area contributed by atoms with Crippen LogP contribution in [0.15, 0.2) is 51.9 Å². The first-order valence-corrected chi connectivity index (χ1v) is 7.06. The van der Waals surface area contributed by atoms with Crippen molar-refractivity contribution in [2.24, 2.45) is 10.7 Å². The summed E-state index contributed by atoms with van der Waals surface area (Å²) in [5, 5.41) is 0. The number of aryl methyl sites for hydroxylation is 1. The Balaban J connectivity index is 2.07. The molecular formula is C16H14ClN3O. The molecule has 3 rings (SSSR count). The fraction of sp³-hybridized carbons (Fsp3) is 0.125. The summed E-state index contributed by atoms with van der Waals surface area (Å²) in [6, 6.07) is 13.5. The molecule has 1 aromatic heterocycles. The van der Waals surface area contributed by atoms with E-state index >= 15 is 0 Å². The first-order valence-electron chi connectivity index (χ1n) is 6.53. The molecule has 0 saturated carbocycles. The minimum absolute atomic E-state index is 0.200. The van der Waals surface area contributed by atoms with E-state index in [1.807, 2.05) is 49.4 Å². The topological polar surface area (TPSA) is 64.4 Å². The van der Waals surface area contributed by atoms with Crippen LogP contribution in [-0.4, -0.2) is 16.7 Å². The number of hydrogen-bond acceptors (Lipinski definition) is 3. The Bertz CT molecular complexity index is 823. The lowest BCUT2D eigenvalue weighted by Crippen LogP contribution is -2.12. The van der Waals surface area contributed by atoms with Gasteiger partial charge in [0.15, 0.2) is 5.58 Å². The van der Waals surface area contributed by atoms with Gasteiger partial charge in [0.1, 0.15) is 11.4 Å². The van der Waals surface area contributed by atoms with Crippen LogP contribution in [0.3, 0.4) is 0 Å². The SMILES string of the molecule is Cc1ccccc1-c1nc2cc(N=C(N)CCl)ccc2o1. The summed E-state index contributed by atoms with van der Waals surface area (Å²) in [6.45, 7) is 2.03. The molecular weight excluding hydrogens is 286 g/mol. The van der Waals surface area contributed by atoms with Crippen molar-refractivity contribution in [2.75, 3.05) is 5.88 Å². The molecule has 0 amide bonds. The second-order valence-corrected chi connectivity index (χ2v) is 4.99. The van der Waals surface area contributed by atoms with Crippen molar-refractivity contribution in [2.45, 2.75) is 6.92 Å². The molecule has 2 aromatic carbocycles. The molecule has 0 aliphatic heterocycles. The van der Waals surface area contributed by atoms with E-state index in [1.165, 1.54) is 0 Å². The number of nitrogens with zero attached hydrogens (tertiary/aromatic N) is 2. The van der Waals surface area contributed by atoms with Crippen molar-refractivity contribution < 1.29 is 4.42 Å². The van der Waals surface area contributed by atoms with Gasteiger partial charge >= 0.3 is 0 Å². The number of aliphatic imine (C=N–C) groups is 1. The summed E-state index contributed by atoms with van der Waals surface area (Å²) in [6.07, 6.45) is 0. The van der Waals surface area contributed by atoms with Crippen molar-refractivity contribution in [3.05, 3.63) is 48.0 Å². The van der Waals surface area contributed by atoms with E-state index in [2.05, 4.69) is 9.98 Å². The van der Waals surface area contributed by atoms with Crippen LogP contribution in [0.5, 0.6) is 0 Å². The third-order valence-electron chi connectivity index (χ3n) is 3.16. The first kappa shape index (κ1) is 13.6. The molecule has 0 saturated heterocycles. The largest absolute Gasteiger partial charge is 0.436 e. The third kappa shape index (κ3) is 2.76. The molecule has 0 radical (unpaired) electrons. The molecule has 4 nitrogen and oxygen atoms in total. The molecule has 1 heterocycles. The number of rotatable bonds is 3. The maximum Gasteiger partial charge on any atom is 0.227 e. The number of aromatic nitrogens is 1. The van der Waals surface area contributed by atoms with E-state index in [1.54, 1.807) is 0 Å². The molecule has 0 aliphatic carbocycles. The average molecular weight is 300 g/mol. The van der Waals surface area contributed by atoms with Gasteiger partial charge in [0.05, 0.1) is 11.6 Å². The Kier molecular flexibility index (Phi) is 3.62. The van der Waals surface area contributed by atoms with Crippen molar-refractivity contribution >= 4 is 34.2 Å². The molecule has 0 spiro atoms. The number of nitrogens with two attached hydrogens (primary N) is 1. The quantitative estimate of drug-likeness (QED) is 0.451. The molecule has 0 fully saturated rings. The fourth-order valence-electron chi connectivity index (χ4n) is 2.11. The molecule has 3 aromatic rings. The Morgan fingerprint density at radius 3 is 2.86 bits per heavy atom. The number of benzene rings is 2. The normalized spacial score (nSPS) is 12.0. The highest BCUT2D eigenvalue weighted by atomic mass is 35.5. The highest BCUT2D eigenvalue weighted by Gasteiger charge is 2.10. The highest BCUT2D eigenvalue weighted by Crippen LogP contribution is 2.28. The van der Waals surface area contributed by atoms with Gasteiger partial charge in [-0.1, -0.05) is 18.2 Å². The summed E-state index contributed by atoms with van der Waals surface area (Å²) < 4.78 is 5.80. The molecule has 2 N–H and O–H groups in total. The lowest BCUT2D eigenvalue weighted by Gasteiger charge is -1.98. The predicted molar refractivity (Wildman–Crippen MR) is 86.2 cm³/mol. The highest BCUT2D eigenvalue weighted by molar-refractivity contribution is 6.28. The Morgan fingerprint density at radius 2 is 2.10 bits per heavy atom. The van der Waals surface area contributed by atoms with Crippen LogP contribution in [0.4, 0.5) is 5.69 Å². The maximum atomic E-state index is 5.80. The zero-order valence-corrected chi connectivity index (χ0v) is 12.3. The number of alkyl halides is 1. The Labute approximate surface area is 127 Å². The number of oxazole rings is 1. The molecule has 106 valence electrons. The van der Waals surface area contributed by atoms with Crippen LogP contribution in [0, 0.1) is 6.92 Å². The van der Waals surface area contributed by atoms with Gasteiger partial charge in [-0.25, -0.2) is 9.98 Å². The first-order chi connectivity index (χ1) is 10.2. The summed E-state index contributed by atoms with van der Waals surface area (Å²) >= 11 is 5.63. The lowest BCUT2D eigenvalue weighted by molar-refractivity contribution is 0.619. The van der Waals surface area contributed by atoms with E-state index in [0.29, 0.717) is 17.4 Å². The number of amidine groups is 1. The van der Waals surface area contributed by atoms with Gasteiger partial charge in [-0.05, 0) is 36.8 Å². The number of hydrogen-bond donors (Lipinski definition) is 1. The second-order valence-electron chi connectivity index (χ2n) is 4.72. The van der Waals surface area contributed by atoms with Gasteiger partial charge in [-0.15, -0.1) is 11.6 Å². The smallest absolute Gasteiger partial charge is 0.227 e. The summed E-state index contributed by atoms with van der Waals surface area (Å²) in [5.74, 6) is 1.18. The van der Waals surface area contributed by atoms with Crippen LogP contribution < -0.4 is 5.73 Å². The van der Waals surface area contributed by atoms with Gasteiger partial charge in [0, 0.05) is 5.56 Å². The van der Waals surface area contributed by atoms with Crippen molar-refractivity contribution in [3.63, 3.8) is 0 Å². The van der Waals surface area contributed by atoms with Gasteiger partial charge in [-0.2, -0.15) is 0 Å². The average Bonchev–Trinajstić information content (AvgIpc) is 2.90. The van der Waals surface area contributed by atoms with Crippen molar-refractivity contribution in [3.8, 4) is 11.5 Å². The summed E-state index contributed by atoms with van der Waals surface area (Å²) in [5.41, 5.74) is 9.92. The third-order valence-corrected chi connectivity index (χ3v) is 3.43. The maximum absolute atomic E-state index is 5.80. The molecule has 0 atom stereocenters. The van der Waals surface area contributed by atoms with Crippen LogP contribution >= 0.6 is 11.6 Å². The zero-order chi connectivity index (χ0) is 14.8. The second kappa shape index (κ2) is 5.58. The van der Waals surface area contributed by atoms with E-state index in [9.17, 15) is 0 Å². The Morgan fingerprint density at radius 1 is 1.29 bits per heavy atom. The molecule has 0 bridgehead atoms. The monoisotopic (exact) mass is 299 g/mol. The van der Waals surface area contributed by atoms with Gasteiger partial charge in [0.2, 0.25) is 5.89 Å². The van der Waals surface area contributed by atoms with Crippen LogP contribution in [0.1, 0.15) is 5.56 Å². The lowest BCUT2D eigenvalue weighted by atomic mass is 10.1. The summed E-state index contributed by atoms with van der Waals surface area (Å²) in [7, 11) is 0. The fourth-order valence-corrected chi connectivity index (χ4v) is 2.17. The van der Waals surface area contributed by atoms with E-state index < -0.39 is 0 Å². The number of fused-ring (bicyclic) bond motifs is 1. The van der Waals surface area contributed by atoms with Crippen molar-refractivity contribution in [1.29, 1.82) is 0 Å². The van der Waals surface area contributed by atoms with E-state index in [0.717, 1.165) is 22.2 Å². The van der Waals surface area contributed by atoms with E-state index in [4.69, 9.17) is 21.8 Å². The number of halogens is 1. The van der Waals surface area contributed by atoms with Crippen LogP contribution in [-0.2, 0) is 0 Å². The van der Waals surface area contributed by atoms with E-state index in [-0.39, 0.29) is 5.88 Å². The predicted octanol–water partition coefficient (Wildman–Crippen LogP) is 4.03. The van der Waals surface area contributed by atoms with Crippen LogP contribution in [0.25, 0.3) is 22.6 Å². The molecule has 21 heavy (non-hydrogen) atoms. The van der Waals surface area contributed by atoms with Crippen LogP contribution in [0.2, 0.25) is 0 Å². The zero-order valence-electron chi connectivity index (χ0n) is 11.5. The minimum Gasteiger partial charge on any atom is -0.436 e. The van der Waals surface area contributed by atoms with Gasteiger partial charge in [0.25, 0.3) is 0 Å². The van der Waals surface area contributed by atoms with Gasteiger partial charge < -0.3 is 10.2 Å². The Hall–Kier alpha value is -2.33.